The maximum atomic E-state index is 12.9. The van der Waals surface area contributed by atoms with E-state index < -0.39 is 0 Å². The third kappa shape index (κ3) is 5.80. The Labute approximate surface area is 178 Å². The SMILES string of the molecule is CCCCn1cc(-c2ccccc2C)cc(C(=O)NCCCN2CCOCC2)c1=O. The van der Waals surface area contributed by atoms with Crippen LogP contribution < -0.4 is 10.9 Å². The lowest BCUT2D eigenvalue weighted by Crippen LogP contribution is -2.38. The molecule has 1 aliphatic rings. The number of carbonyl (C=O) groups is 1. The van der Waals surface area contributed by atoms with E-state index in [1.54, 1.807) is 10.6 Å². The number of morpholine rings is 1. The minimum absolute atomic E-state index is 0.216. The third-order valence-electron chi connectivity index (χ3n) is 5.58. The van der Waals surface area contributed by atoms with Crippen LogP contribution in [0.5, 0.6) is 0 Å². The van der Waals surface area contributed by atoms with E-state index >= 15 is 0 Å². The van der Waals surface area contributed by atoms with Crippen molar-refractivity contribution in [3.05, 3.63) is 58.0 Å². The number of pyridine rings is 1. The molecule has 6 heteroatoms. The van der Waals surface area contributed by atoms with Crippen LogP contribution in [0.2, 0.25) is 0 Å². The molecule has 2 aromatic rings. The summed E-state index contributed by atoms with van der Waals surface area (Å²) in [5.41, 5.74) is 3.08. The van der Waals surface area contributed by atoms with Crippen molar-refractivity contribution in [1.82, 2.24) is 14.8 Å². The molecular formula is C24H33N3O3. The number of nitrogens with one attached hydrogen (secondary N) is 1. The highest BCUT2D eigenvalue weighted by Gasteiger charge is 2.16. The van der Waals surface area contributed by atoms with Crippen LogP contribution in [-0.4, -0.2) is 54.8 Å². The van der Waals surface area contributed by atoms with Crippen LogP contribution in [0.25, 0.3) is 11.1 Å². The quantitative estimate of drug-likeness (QED) is 0.644. The van der Waals surface area contributed by atoms with E-state index in [9.17, 15) is 9.59 Å². The van der Waals surface area contributed by atoms with Crippen LogP contribution in [0.4, 0.5) is 0 Å². The van der Waals surface area contributed by atoms with Gasteiger partial charge in [0.2, 0.25) is 0 Å². The van der Waals surface area contributed by atoms with Gasteiger partial charge in [0.1, 0.15) is 5.56 Å². The van der Waals surface area contributed by atoms with Gasteiger partial charge in [-0.2, -0.15) is 0 Å². The Balaban J connectivity index is 1.74. The lowest BCUT2D eigenvalue weighted by atomic mass is 10.0. The molecule has 0 saturated carbocycles. The summed E-state index contributed by atoms with van der Waals surface area (Å²) in [6.07, 6.45) is 4.63. The largest absolute Gasteiger partial charge is 0.379 e. The van der Waals surface area contributed by atoms with Gasteiger partial charge in [-0.15, -0.1) is 0 Å². The van der Waals surface area contributed by atoms with Crippen LogP contribution in [0, 0.1) is 6.92 Å². The van der Waals surface area contributed by atoms with Crippen molar-refractivity contribution in [3.8, 4) is 11.1 Å². The molecule has 0 radical (unpaired) electrons. The number of nitrogens with zero attached hydrogens (tertiary/aromatic N) is 2. The smallest absolute Gasteiger partial charge is 0.263 e. The number of benzene rings is 1. The second-order valence-corrected chi connectivity index (χ2v) is 7.87. The Morgan fingerprint density at radius 1 is 1.13 bits per heavy atom. The van der Waals surface area contributed by atoms with E-state index in [0.717, 1.165) is 68.8 Å². The molecular weight excluding hydrogens is 378 g/mol. The van der Waals surface area contributed by atoms with Crippen molar-refractivity contribution in [3.63, 3.8) is 0 Å². The number of hydrogen-bond donors (Lipinski definition) is 1. The highest BCUT2D eigenvalue weighted by atomic mass is 16.5. The Morgan fingerprint density at radius 2 is 1.90 bits per heavy atom. The van der Waals surface area contributed by atoms with Crippen molar-refractivity contribution in [2.75, 3.05) is 39.4 Å². The summed E-state index contributed by atoms with van der Waals surface area (Å²) >= 11 is 0. The summed E-state index contributed by atoms with van der Waals surface area (Å²) in [5, 5.41) is 2.95. The molecule has 2 heterocycles. The zero-order valence-electron chi connectivity index (χ0n) is 18.2. The molecule has 0 unspecified atom stereocenters. The van der Waals surface area contributed by atoms with E-state index in [4.69, 9.17) is 4.74 Å². The first-order valence-electron chi connectivity index (χ1n) is 11.0. The number of aromatic nitrogens is 1. The molecule has 1 N–H and O–H groups in total. The molecule has 1 aromatic heterocycles. The second-order valence-electron chi connectivity index (χ2n) is 7.87. The lowest BCUT2D eigenvalue weighted by Gasteiger charge is -2.26. The van der Waals surface area contributed by atoms with Crippen molar-refractivity contribution < 1.29 is 9.53 Å². The van der Waals surface area contributed by atoms with Gasteiger partial charge < -0.3 is 14.6 Å². The van der Waals surface area contributed by atoms with Gasteiger partial charge in [0.15, 0.2) is 0 Å². The van der Waals surface area contributed by atoms with Crippen molar-refractivity contribution in [2.45, 2.75) is 39.7 Å². The zero-order valence-corrected chi connectivity index (χ0v) is 18.2. The molecule has 1 fully saturated rings. The number of rotatable bonds is 9. The topological polar surface area (TPSA) is 63.6 Å². The molecule has 0 aliphatic carbocycles. The number of aryl methyl sites for hydroxylation is 2. The first-order chi connectivity index (χ1) is 14.6. The number of unbranched alkanes of at least 4 members (excludes halogenated alkanes) is 1. The molecule has 1 aliphatic heterocycles. The number of ether oxygens (including phenoxy) is 1. The van der Waals surface area contributed by atoms with Gasteiger partial charge in [-0.05, 0) is 49.1 Å². The van der Waals surface area contributed by atoms with Crippen molar-refractivity contribution >= 4 is 5.91 Å². The molecule has 0 spiro atoms. The van der Waals surface area contributed by atoms with Crippen molar-refractivity contribution in [2.24, 2.45) is 0 Å². The molecule has 6 nitrogen and oxygen atoms in total. The Hall–Kier alpha value is -2.44. The standard InChI is InChI=1S/C24H33N3O3/c1-3-4-12-27-18-20(21-9-6-5-8-19(21)2)17-22(24(27)29)23(28)25-10-7-11-26-13-15-30-16-14-26/h5-6,8-9,17-18H,3-4,7,10-16H2,1-2H3,(H,25,28). The summed E-state index contributed by atoms with van der Waals surface area (Å²) in [5.74, 6) is -0.289. The molecule has 1 saturated heterocycles. The van der Waals surface area contributed by atoms with Gasteiger partial charge in [0.05, 0.1) is 13.2 Å². The lowest BCUT2D eigenvalue weighted by molar-refractivity contribution is 0.0374. The number of amides is 1. The van der Waals surface area contributed by atoms with Crippen LogP contribution in [0.1, 0.15) is 42.1 Å². The first-order valence-corrected chi connectivity index (χ1v) is 11.0. The zero-order chi connectivity index (χ0) is 21.3. The number of hydrogen-bond acceptors (Lipinski definition) is 4. The fourth-order valence-corrected chi connectivity index (χ4v) is 3.76. The highest BCUT2D eigenvalue weighted by molar-refractivity contribution is 5.95. The summed E-state index contributed by atoms with van der Waals surface area (Å²) in [7, 11) is 0. The minimum atomic E-state index is -0.289. The summed E-state index contributed by atoms with van der Waals surface area (Å²) in [6, 6.07) is 9.79. The second kappa shape index (κ2) is 11.1. The summed E-state index contributed by atoms with van der Waals surface area (Å²) in [6.45, 7) is 9.66. The first kappa shape index (κ1) is 22.2. The Morgan fingerprint density at radius 3 is 2.63 bits per heavy atom. The van der Waals surface area contributed by atoms with E-state index in [1.165, 1.54) is 0 Å². The minimum Gasteiger partial charge on any atom is -0.379 e. The fraction of sp³-hybridized carbons (Fsp3) is 0.500. The maximum Gasteiger partial charge on any atom is 0.263 e. The van der Waals surface area contributed by atoms with E-state index in [2.05, 4.69) is 17.1 Å². The van der Waals surface area contributed by atoms with Crippen LogP contribution >= 0.6 is 0 Å². The Kier molecular flexibility index (Phi) is 8.22. The number of carbonyl (C=O) groups excluding carboxylic acids is 1. The van der Waals surface area contributed by atoms with Crippen LogP contribution in [0.3, 0.4) is 0 Å². The predicted molar refractivity (Wildman–Crippen MR) is 120 cm³/mol. The van der Waals surface area contributed by atoms with E-state index in [1.807, 2.05) is 37.4 Å². The van der Waals surface area contributed by atoms with Crippen LogP contribution in [0.15, 0.2) is 41.3 Å². The van der Waals surface area contributed by atoms with Crippen LogP contribution in [-0.2, 0) is 11.3 Å². The van der Waals surface area contributed by atoms with Gasteiger partial charge in [-0.3, -0.25) is 14.5 Å². The molecule has 0 bridgehead atoms. The summed E-state index contributed by atoms with van der Waals surface area (Å²) in [4.78, 5) is 28.1. The van der Waals surface area contributed by atoms with E-state index in [0.29, 0.717) is 13.1 Å². The average molecular weight is 412 g/mol. The maximum absolute atomic E-state index is 12.9. The molecule has 1 amide bonds. The molecule has 1 aromatic carbocycles. The predicted octanol–water partition coefficient (Wildman–Crippen LogP) is 3.08. The molecule has 3 rings (SSSR count). The Bertz CT molecular complexity index is 901. The summed E-state index contributed by atoms with van der Waals surface area (Å²) < 4.78 is 7.05. The average Bonchev–Trinajstić information content (AvgIpc) is 2.77. The van der Waals surface area contributed by atoms with Gasteiger partial charge in [0.25, 0.3) is 11.5 Å². The van der Waals surface area contributed by atoms with Gasteiger partial charge >= 0.3 is 0 Å². The monoisotopic (exact) mass is 411 g/mol. The fourth-order valence-electron chi connectivity index (χ4n) is 3.76. The van der Waals surface area contributed by atoms with E-state index in [-0.39, 0.29) is 17.0 Å². The molecule has 30 heavy (non-hydrogen) atoms. The molecule has 0 atom stereocenters. The van der Waals surface area contributed by atoms with Gasteiger partial charge in [-0.1, -0.05) is 37.6 Å². The van der Waals surface area contributed by atoms with Gasteiger partial charge in [0, 0.05) is 32.4 Å². The normalized spacial score (nSPS) is 14.6. The molecule has 162 valence electrons. The highest BCUT2D eigenvalue weighted by Crippen LogP contribution is 2.23. The van der Waals surface area contributed by atoms with Crippen molar-refractivity contribution in [1.29, 1.82) is 0 Å². The third-order valence-corrected chi connectivity index (χ3v) is 5.58. The van der Waals surface area contributed by atoms with Gasteiger partial charge in [-0.25, -0.2) is 0 Å².